The lowest BCUT2D eigenvalue weighted by Crippen LogP contribution is -2.37. The number of ether oxygens (including phenoxy) is 1. The molecule has 1 saturated heterocycles. The van der Waals surface area contributed by atoms with Crippen molar-refractivity contribution in [2.75, 3.05) is 38.6 Å². The minimum absolute atomic E-state index is 0.0442. The smallest absolute Gasteiger partial charge is 0.230 e. The van der Waals surface area contributed by atoms with Crippen LogP contribution in [0.25, 0.3) is 0 Å². The van der Waals surface area contributed by atoms with E-state index in [2.05, 4.69) is 15.3 Å². The van der Waals surface area contributed by atoms with E-state index in [9.17, 15) is 4.79 Å². The molecule has 1 aliphatic heterocycles. The fourth-order valence-corrected chi connectivity index (χ4v) is 3.96. The molecule has 0 aliphatic carbocycles. The van der Waals surface area contributed by atoms with Crippen LogP contribution in [-0.4, -0.2) is 59.2 Å². The molecule has 0 radical (unpaired) electrons. The first-order valence-corrected chi connectivity index (χ1v) is 9.17. The second-order valence-corrected chi connectivity index (χ2v) is 7.49. The second-order valence-electron chi connectivity index (χ2n) is 4.64. The highest BCUT2D eigenvalue weighted by molar-refractivity contribution is 8.01. The molecule has 0 unspecified atom stereocenters. The molecule has 6 nitrogen and oxygen atoms in total. The van der Waals surface area contributed by atoms with Crippen molar-refractivity contribution in [3.05, 3.63) is 3.95 Å². The van der Waals surface area contributed by atoms with E-state index in [1.165, 1.54) is 23.1 Å². The summed E-state index contributed by atoms with van der Waals surface area (Å²) >= 11 is 8.24. The number of hydrogen-bond donors (Lipinski definition) is 1. The maximum Gasteiger partial charge on any atom is 0.230 e. The zero-order chi connectivity index (χ0) is 15.1. The van der Waals surface area contributed by atoms with E-state index in [4.69, 9.17) is 17.0 Å². The van der Waals surface area contributed by atoms with E-state index in [1.807, 2.05) is 11.6 Å². The van der Waals surface area contributed by atoms with Crippen LogP contribution in [0.3, 0.4) is 0 Å². The lowest BCUT2D eigenvalue weighted by atomic mass is 10.4. The number of amides is 1. The first kappa shape index (κ1) is 16.9. The summed E-state index contributed by atoms with van der Waals surface area (Å²) in [5.41, 5.74) is 0. The fraction of sp³-hybridized carbons (Fsp3) is 0.750. The topological polar surface area (TPSA) is 59.4 Å². The Balaban J connectivity index is 1.83. The molecular weight excluding hydrogens is 328 g/mol. The van der Waals surface area contributed by atoms with Gasteiger partial charge < -0.3 is 10.1 Å². The van der Waals surface area contributed by atoms with E-state index in [0.717, 1.165) is 47.6 Å². The molecule has 0 saturated carbocycles. The number of nitrogens with zero attached hydrogens (tertiary/aromatic N) is 3. The third-order valence-corrected chi connectivity index (χ3v) is 5.37. The summed E-state index contributed by atoms with van der Waals surface area (Å²) in [5, 5.41) is 7.34. The van der Waals surface area contributed by atoms with Gasteiger partial charge in [-0.2, -0.15) is 5.10 Å². The van der Waals surface area contributed by atoms with Gasteiger partial charge in [-0.25, -0.2) is 4.68 Å². The van der Waals surface area contributed by atoms with Crippen molar-refractivity contribution in [2.45, 2.75) is 24.4 Å². The summed E-state index contributed by atoms with van der Waals surface area (Å²) < 4.78 is 8.75. The maximum absolute atomic E-state index is 11.6. The number of nitrogens with one attached hydrogen (secondary N) is 1. The summed E-state index contributed by atoms with van der Waals surface area (Å²) in [7, 11) is 0. The molecule has 1 fully saturated rings. The molecule has 1 aromatic heterocycles. The molecule has 0 atom stereocenters. The molecule has 0 aromatic carbocycles. The Hall–Kier alpha value is -0.480. The third-order valence-electron chi connectivity index (χ3n) is 2.92. The highest BCUT2D eigenvalue weighted by Gasteiger charge is 2.13. The van der Waals surface area contributed by atoms with Gasteiger partial charge >= 0.3 is 0 Å². The maximum atomic E-state index is 11.6. The number of thioether (sulfide) groups is 1. The normalized spacial score (nSPS) is 16.0. The minimum Gasteiger partial charge on any atom is -0.379 e. The number of morpholine rings is 1. The predicted octanol–water partition coefficient (Wildman–Crippen LogP) is 1.58. The first-order valence-electron chi connectivity index (χ1n) is 6.96. The minimum atomic E-state index is 0.0442. The number of carbonyl (C=O) groups is 1. The summed E-state index contributed by atoms with van der Waals surface area (Å²) in [4.78, 5) is 13.8. The van der Waals surface area contributed by atoms with Crippen molar-refractivity contribution in [3.8, 4) is 0 Å². The van der Waals surface area contributed by atoms with Crippen LogP contribution < -0.4 is 5.32 Å². The van der Waals surface area contributed by atoms with Gasteiger partial charge in [-0.15, -0.1) is 0 Å². The molecule has 0 spiro atoms. The molecule has 1 N–H and O–H groups in total. The standard InChI is InChI=1S/C12H20N4O2S3/c1-2-3-13-10(17)8-20-11-14-16(12(19)21-11)9-15-4-6-18-7-5-15/h2-9H2,1H3,(H,13,17). The molecular formula is C12H20N4O2S3. The summed E-state index contributed by atoms with van der Waals surface area (Å²) in [5.74, 6) is 0.433. The Kier molecular flexibility index (Phi) is 7.11. The van der Waals surface area contributed by atoms with E-state index < -0.39 is 0 Å². The average Bonchev–Trinajstić information content (AvgIpc) is 2.84. The Bertz CT molecular complexity index is 511. The second kappa shape index (κ2) is 8.84. The van der Waals surface area contributed by atoms with Gasteiger partial charge in [-0.1, -0.05) is 30.0 Å². The van der Waals surface area contributed by atoms with E-state index in [0.29, 0.717) is 12.4 Å². The summed E-state index contributed by atoms with van der Waals surface area (Å²) in [6, 6.07) is 0. The van der Waals surface area contributed by atoms with Gasteiger partial charge in [-0.05, 0) is 18.6 Å². The van der Waals surface area contributed by atoms with E-state index in [-0.39, 0.29) is 5.91 Å². The van der Waals surface area contributed by atoms with Crippen LogP contribution in [0, 0.1) is 3.95 Å². The van der Waals surface area contributed by atoms with E-state index >= 15 is 0 Å². The Morgan fingerprint density at radius 3 is 3.00 bits per heavy atom. The van der Waals surface area contributed by atoms with Gasteiger partial charge in [0, 0.05) is 19.6 Å². The Labute approximate surface area is 137 Å². The van der Waals surface area contributed by atoms with Crippen LogP contribution in [0.4, 0.5) is 0 Å². The molecule has 2 heterocycles. The molecule has 2 rings (SSSR count). The average molecular weight is 349 g/mol. The monoisotopic (exact) mass is 348 g/mol. The molecule has 118 valence electrons. The summed E-state index contributed by atoms with van der Waals surface area (Å²) in [6.07, 6.45) is 0.948. The fourth-order valence-electron chi connectivity index (χ4n) is 1.81. The SMILES string of the molecule is CCCNC(=O)CSc1nn(CN2CCOCC2)c(=S)s1. The molecule has 1 amide bonds. The van der Waals surface area contributed by atoms with Gasteiger partial charge in [-0.3, -0.25) is 9.69 Å². The zero-order valence-electron chi connectivity index (χ0n) is 12.0. The third kappa shape index (κ3) is 5.67. The number of aromatic nitrogens is 2. The zero-order valence-corrected chi connectivity index (χ0v) is 14.5. The predicted molar refractivity (Wildman–Crippen MR) is 87.4 cm³/mol. The number of hydrogen-bond acceptors (Lipinski definition) is 7. The van der Waals surface area contributed by atoms with Crippen molar-refractivity contribution < 1.29 is 9.53 Å². The molecule has 1 aromatic rings. The van der Waals surface area contributed by atoms with E-state index in [1.54, 1.807) is 0 Å². The van der Waals surface area contributed by atoms with Crippen molar-refractivity contribution in [2.24, 2.45) is 0 Å². The van der Waals surface area contributed by atoms with Crippen LogP contribution in [-0.2, 0) is 16.2 Å². The quantitative estimate of drug-likeness (QED) is 0.596. The van der Waals surface area contributed by atoms with Crippen molar-refractivity contribution >= 4 is 41.2 Å². The van der Waals surface area contributed by atoms with Crippen molar-refractivity contribution in [3.63, 3.8) is 0 Å². The highest BCUT2D eigenvalue weighted by Crippen LogP contribution is 2.22. The van der Waals surface area contributed by atoms with Gasteiger partial charge in [0.2, 0.25) is 5.91 Å². The lowest BCUT2D eigenvalue weighted by molar-refractivity contribution is -0.118. The van der Waals surface area contributed by atoms with Crippen LogP contribution in [0.5, 0.6) is 0 Å². The number of carbonyl (C=O) groups excluding carboxylic acids is 1. The van der Waals surface area contributed by atoms with Crippen LogP contribution >= 0.6 is 35.3 Å². The first-order chi connectivity index (χ1) is 10.2. The van der Waals surface area contributed by atoms with Crippen LogP contribution in [0.1, 0.15) is 13.3 Å². The molecule has 1 aliphatic rings. The Morgan fingerprint density at radius 1 is 1.52 bits per heavy atom. The van der Waals surface area contributed by atoms with Gasteiger partial charge in [0.25, 0.3) is 0 Å². The Morgan fingerprint density at radius 2 is 2.29 bits per heavy atom. The number of rotatable bonds is 7. The molecule has 0 bridgehead atoms. The van der Waals surface area contributed by atoms with Crippen molar-refractivity contribution in [1.29, 1.82) is 0 Å². The summed E-state index contributed by atoms with van der Waals surface area (Å²) in [6.45, 7) is 6.78. The van der Waals surface area contributed by atoms with Gasteiger partial charge in [0.15, 0.2) is 8.29 Å². The van der Waals surface area contributed by atoms with Crippen LogP contribution in [0.2, 0.25) is 0 Å². The lowest BCUT2D eigenvalue weighted by Gasteiger charge is -2.26. The molecule has 9 heteroatoms. The van der Waals surface area contributed by atoms with Crippen molar-refractivity contribution in [1.82, 2.24) is 20.0 Å². The van der Waals surface area contributed by atoms with Crippen LogP contribution in [0.15, 0.2) is 4.34 Å². The largest absolute Gasteiger partial charge is 0.379 e. The molecule has 21 heavy (non-hydrogen) atoms. The highest BCUT2D eigenvalue weighted by atomic mass is 32.2. The van der Waals surface area contributed by atoms with Gasteiger partial charge in [0.1, 0.15) is 0 Å². The van der Waals surface area contributed by atoms with Gasteiger partial charge in [0.05, 0.1) is 25.6 Å².